The molecule has 0 radical (unpaired) electrons. The van der Waals surface area contributed by atoms with Crippen molar-refractivity contribution >= 4 is 46.3 Å². The van der Waals surface area contributed by atoms with E-state index in [0.29, 0.717) is 40.9 Å². The molecule has 1 saturated heterocycles. The van der Waals surface area contributed by atoms with Gasteiger partial charge in [0.25, 0.3) is 0 Å². The van der Waals surface area contributed by atoms with Gasteiger partial charge >= 0.3 is 0 Å². The molecule has 0 saturated carbocycles. The number of aromatic nitrogens is 7. The molecule has 0 amide bonds. The van der Waals surface area contributed by atoms with E-state index in [1.807, 2.05) is 36.4 Å². The van der Waals surface area contributed by atoms with Crippen molar-refractivity contribution in [2.45, 2.75) is 19.8 Å². The van der Waals surface area contributed by atoms with Gasteiger partial charge in [0.05, 0.1) is 42.3 Å². The van der Waals surface area contributed by atoms with Crippen LogP contribution in [0.25, 0.3) is 5.69 Å². The van der Waals surface area contributed by atoms with Gasteiger partial charge < -0.3 is 31.3 Å². The van der Waals surface area contributed by atoms with Gasteiger partial charge in [-0.15, -0.1) is 4.80 Å². The van der Waals surface area contributed by atoms with E-state index >= 15 is 0 Å². The summed E-state index contributed by atoms with van der Waals surface area (Å²) in [5.41, 5.74) is 10.0. The third-order valence-electron chi connectivity index (χ3n) is 7.07. The highest BCUT2D eigenvalue weighted by molar-refractivity contribution is 5.83. The number of methoxy groups -OCH3 is 1. The van der Waals surface area contributed by atoms with Gasteiger partial charge in [0.15, 0.2) is 0 Å². The summed E-state index contributed by atoms with van der Waals surface area (Å²) < 4.78 is 5.82. The molecule has 13 nitrogen and oxygen atoms in total. The van der Waals surface area contributed by atoms with Crippen molar-refractivity contribution in [2.24, 2.45) is 5.92 Å². The molecular weight excluding hydrogens is 532 g/mol. The fraction of sp³-hybridized carbons (Fsp3) is 0.241. The first-order valence-electron chi connectivity index (χ1n) is 13.7. The molecule has 42 heavy (non-hydrogen) atoms. The van der Waals surface area contributed by atoms with Gasteiger partial charge in [-0.2, -0.15) is 20.2 Å². The van der Waals surface area contributed by atoms with Crippen LogP contribution < -0.4 is 31.3 Å². The minimum absolute atomic E-state index is 0.385. The normalized spacial score (nSPS) is 13.5. The summed E-state index contributed by atoms with van der Waals surface area (Å²) in [4.78, 5) is 21.7. The van der Waals surface area contributed by atoms with Crippen molar-refractivity contribution in [2.75, 3.05) is 46.8 Å². The molecule has 1 fully saturated rings. The molecule has 3 aromatic heterocycles. The number of nitrogens with two attached hydrogens (primary N) is 1. The van der Waals surface area contributed by atoms with E-state index in [1.165, 1.54) is 0 Å². The summed E-state index contributed by atoms with van der Waals surface area (Å²) in [5, 5.41) is 18.5. The Kier molecular flexibility index (Phi) is 7.62. The Labute approximate surface area is 243 Å². The van der Waals surface area contributed by atoms with Crippen molar-refractivity contribution < 1.29 is 4.74 Å². The second-order valence-electron chi connectivity index (χ2n) is 10.0. The molecule has 0 unspecified atom stereocenters. The molecule has 214 valence electrons. The van der Waals surface area contributed by atoms with Gasteiger partial charge in [-0.25, -0.2) is 9.97 Å². The summed E-state index contributed by atoms with van der Waals surface area (Å²) in [7, 11) is 1.65. The Hall–Kier alpha value is -5.46. The zero-order valence-electron chi connectivity index (χ0n) is 23.4. The van der Waals surface area contributed by atoms with Crippen LogP contribution in [0.2, 0.25) is 0 Å². The highest BCUT2D eigenvalue weighted by Gasteiger charge is 2.22. The Morgan fingerprint density at radius 3 is 2.26 bits per heavy atom. The highest BCUT2D eigenvalue weighted by atomic mass is 16.5. The molecule has 0 bridgehead atoms. The Balaban J connectivity index is 1.31. The van der Waals surface area contributed by atoms with Gasteiger partial charge in [-0.05, 0) is 49.1 Å². The van der Waals surface area contributed by atoms with Crippen LogP contribution in [0.1, 0.15) is 19.8 Å². The average Bonchev–Trinajstić information content (AvgIpc) is 3.54. The standard InChI is InChI=1S/C29H32N12O/c1-19-9-15-40(16-10-19)24-18-25(42-2)22(17-21(24)36-28-31-11-7-26(30)38-28)37-29-32-12-8-27(39-29)35-20-5-3-4-6-23(20)41-33-13-14-34-41/h3-8,11-14,17-19H,9-10,15-16H2,1-2H3,(H3,30,31,36,38)(H2,32,35,37,39). The molecule has 5 aromatic rings. The van der Waals surface area contributed by atoms with E-state index in [0.717, 1.165) is 48.7 Å². The number of hydrogen-bond donors (Lipinski definition) is 4. The van der Waals surface area contributed by atoms with Crippen LogP contribution in [0, 0.1) is 5.92 Å². The second kappa shape index (κ2) is 12.0. The molecule has 0 atom stereocenters. The van der Waals surface area contributed by atoms with Gasteiger partial charge in [0.1, 0.15) is 23.1 Å². The molecule has 1 aliphatic heterocycles. The van der Waals surface area contributed by atoms with Crippen molar-refractivity contribution in [3.8, 4) is 11.4 Å². The van der Waals surface area contributed by atoms with Crippen LogP contribution in [0.5, 0.6) is 5.75 Å². The number of hydrogen-bond acceptors (Lipinski definition) is 12. The Morgan fingerprint density at radius 2 is 1.50 bits per heavy atom. The second-order valence-corrected chi connectivity index (χ2v) is 10.0. The first-order valence-corrected chi connectivity index (χ1v) is 13.7. The minimum atomic E-state index is 0.385. The van der Waals surface area contributed by atoms with E-state index in [9.17, 15) is 0 Å². The average molecular weight is 565 g/mol. The molecule has 0 spiro atoms. The predicted molar refractivity (Wildman–Crippen MR) is 163 cm³/mol. The lowest BCUT2D eigenvalue weighted by Gasteiger charge is -2.34. The molecule has 13 heteroatoms. The summed E-state index contributed by atoms with van der Waals surface area (Å²) in [6.07, 6.45) is 8.81. The molecule has 0 aliphatic carbocycles. The lowest BCUT2D eigenvalue weighted by molar-refractivity contribution is 0.415. The number of benzene rings is 2. The SMILES string of the molecule is COc1cc(N2CCC(C)CC2)c(Nc2nccc(N)n2)cc1Nc1nccc(Nc2ccccc2-n2nccn2)n1. The van der Waals surface area contributed by atoms with E-state index < -0.39 is 0 Å². The first kappa shape index (κ1) is 26.7. The maximum absolute atomic E-state index is 5.93. The van der Waals surface area contributed by atoms with E-state index in [2.05, 4.69) is 52.9 Å². The van der Waals surface area contributed by atoms with Crippen molar-refractivity contribution in [3.05, 3.63) is 73.3 Å². The van der Waals surface area contributed by atoms with Gasteiger partial charge in [0, 0.05) is 31.5 Å². The van der Waals surface area contributed by atoms with Crippen LogP contribution in [0.15, 0.2) is 73.3 Å². The molecular formula is C29H32N12O. The van der Waals surface area contributed by atoms with E-state index in [1.54, 1.807) is 48.8 Å². The Morgan fingerprint density at radius 1 is 0.786 bits per heavy atom. The number of nitrogens with zero attached hydrogens (tertiary/aromatic N) is 8. The number of piperidine rings is 1. The largest absolute Gasteiger partial charge is 0.494 e. The van der Waals surface area contributed by atoms with E-state index in [-0.39, 0.29) is 0 Å². The van der Waals surface area contributed by atoms with Crippen LogP contribution >= 0.6 is 0 Å². The molecule has 5 N–H and O–H groups in total. The van der Waals surface area contributed by atoms with Crippen LogP contribution in [-0.2, 0) is 0 Å². The summed E-state index contributed by atoms with van der Waals surface area (Å²) in [6, 6.07) is 15.1. The summed E-state index contributed by atoms with van der Waals surface area (Å²) in [5.74, 6) is 3.12. The van der Waals surface area contributed by atoms with Crippen molar-refractivity contribution in [1.29, 1.82) is 0 Å². The third kappa shape index (κ3) is 5.99. The number of anilines is 8. The number of rotatable bonds is 9. The number of para-hydroxylation sites is 2. The smallest absolute Gasteiger partial charge is 0.229 e. The highest BCUT2D eigenvalue weighted by Crippen LogP contribution is 2.40. The fourth-order valence-electron chi connectivity index (χ4n) is 4.84. The van der Waals surface area contributed by atoms with Crippen LogP contribution in [-0.4, -0.2) is 55.1 Å². The third-order valence-corrected chi connectivity index (χ3v) is 7.07. The molecule has 4 heterocycles. The van der Waals surface area contributed by atoms with Crippen LogP contribution in [0.4, 0.5) is 46.3 Å². The number of nitrogen functional groups attached to an aromatic ring is 1. The predicted octanol–water partition coefficient (Wildman–Crippen LogP) is 4.91. The minimum Gasteiger partial charge on any atom is -0.494 e. The van der Waals surface area contributed by atoms with Crippen LogP contribution in [0.3, 0.4) is 0 Å². The fourth-order valence-corrected chi connectivity index (χ4v) is 4.84. The van der Waals surface area contributed by atoms with Crippen molar-refractivity contribution in [1.82, 2.24) is 34.9 Å². The zero-order chi connectivity index (χ0) is 28.9. The first-order chi connectivity index (χ1) is 20.6. The number of ether oxygens (including phenoxy) is 1. The molecule has 6 rings (SSSR count). The molecule has 1 aliphatic rings. The zero-order valence-corrected chi connectivity index (χ0v) is 23.4. The monoisotopic (exact) mass is 564 g/mol. The summed E-state index contributed by atoms with van der Waals surface area (Å²) >= 11 is 0. The maximum Gasteiger partial charge on any atom is 0.229 e. The lowest BCUT2D eigenvalue weighted by Crippen LogP contribution is -2.33. The van der Waals surface area contributed by atoms with Gasteiger partial charge in [-0.3, -0.25) is 0 Å². The lowest BCUT2D eigenvalue weighted by atomic mass is 9.98. The summed E-state index contributed by atoms with van der Waals surface area (Å²) in [6.45, 7) is 4.17. The Bertz CT molecular complexity index is 1650. The maximum atomic E-state index is 5.93. The van der Waals surface area contributed by atoms with Gasteiger partial charge in [0.2, 0.25) is 11.9 Å². The van der Waals surface area contributed by atoms with E-state index in [4.69, 9.17) is 15.5 Å². The number of nitrogens with one attached hydrogen (secondary N) is 3. The quantitative estimate of drug-likeness (QED) is 0.192. The molecule has 2 aromatic carbocycles. The van der Waals surface area contributed by atoms with Gasteiger partial charge in [-0.1, -0.05) is 19.1 Å². The topological polar surface area (TPSA) is 157 Å². The van der Waals surface area contributed by atoms with Crippen molar-refractivity contribution in [3.63, 3.8) is 0 Å².